The Labute approximate surface area is 368 Å². The van der Waals surface area contributed by atoms with Crippen LogP contribution in [0.15, 0.2) is 42.7 Å². The lowest BCUT2D eigenvalue weighted by molar-refractivity contribution is -0.903. The fourth-order valence-corrected chi connectivity index (χ4v) is 8.20. The van der Waals surface area contributed by atoms with Crippen molar-refractivity contribution < 1.29 is 47.6 Å². The summed E-state index contributed by atoms with van der Waals surface area (Å²) in [7, 11) is 5.76. The number of piperidine rings is 1. The smallest absolute Gasteiger partial charge is 0.382 e. The molecule has 64 heavy (non-hydrogen) atoms. The first kappa shape index (κ1) is 45.0. The van der Waals surface area contributed by atoms with Crippen LogP contribution in [0.25, 0.3) is 11.6 Å². The number of hydrogen-bond acceptors (Lipinski definition) is 12. The summed E-state index contributed by atoms with van der Waals surface area (Å²) in [4.78, 5) is 96.0. The van der Waals surface area contributed by atoms with Gasteiger partial charge in [-0.1, -0.05) is 12.1 Å². The van der Waals surface area contributed by atoms with Crippen molar-refractivity contribution in [1.29, 1.82) is 0 Å². The lowest BCUT2D eigenvalue weighted by atomic mass is 10.0. The number of aryl methyl sites for hydroxylation is 2. The van der Waals surface area contributed by atoms with E-state index in [1.807, 2.05) is 39.2 Å². The number of likely N-dealkylation sites (N-methyl/N-ethyl adjacent to an activating group) is 1. The van der Waals surface area contributed by atoms with Crippen molar-refractivity contribution >= 4 is 64.3 Å². The lowest BCUT2D eigenvalue weighted by Gasteiger charge is -2.29. The number of anilines is 2. The van der Waals surface area contributed by atoms with Crippen molar-refractivity contribution in [3.8, 4) is 0 Å². The number of quaternary nitrogens is 1. The third kappa shape index (κ3) is 9.48. The van der Waals surface area contributed by atoms with Crippen LogP contribution in [-0.4, -0.2) is 130 Å². The molecule has 336 valence electrons. The highest BCUT2D eigenvalue weighted by Crippen LogP contribution is 2.36. The summed E-state index contributed by atoms with van der Waals surface area (Å²) in [5, 5.41) is 22.6. The van der Waals surface area contributed by atoms with Crippen LogP contribution >= 0.6 is 0 Å². The Morgan fingerprint density at radius 1 is 1.00 bits per heavy atom. The largest absolute Gasteiger partial charge is 0.390 e. The average molecular weight is 880 g/mol. The minimum atomic E-state index is -1.05. The third-order valence-electron chi connectivity index (χ3n) is 11.6. The van der Waals surface area contributed by atoms with E-state index in [1.165, 1.54) is 12.4 Å². The number of imidazole rings is 1. The number of amides is 6. The zero-order valence-corrected chi connectivity index (χ0v) is 36.3. The molecule has 7 rings (SSSR count). The number of nitro groups is 1. The van der Waals surface area contributed by atoms with Crippen molar-refractivity contribution in [1.82, 2.24) is 30.1 Å². The molecule has 6 amide bonds. The predicted molar refractivity (Wildman–Crippen MR) is 233 cm³/mol. The highest BCUT2D eigenvalue weighted by Gasteiger charge is 2.45. The fraction of sp³-hybridized carbons (Fsp3) is 0.386. The molecule has 5 N–H and O–H groups in total. The molecule has 2 aromatic heterocycles. The van der Waals surface area contributed by atoms with Crippen LogP contribution in [-0.2, 0) is 43.9 Å². The Hall–Kier alpha value is -7.03. The zero-order chi connectivity index (χ0) is 45.9. The summed E-state index contributed by atoms with van der Waals surface area (Å²) in [5.74, 6) is -2.96. The first-order valence-electron chi connectivity index (χ1n) is 20.9. The number of benzene rings is 2. The maximum Gasteiger partial charge on any atom is 0.390 e. The average Bonchev–Trinajstić information content (AvgIpc) is 3.93. The SMILES string of the molecule is Cc1[nH]c(/C=C2\C(=O)Nc3ccc(CC[N+](C)(C)Cc4c([N+](=O)[O-])ncn4C)cc32)c(C)c1C(=O)NCCOCCOCCNc1cccc2c1C(=O)N(C1CCC(=O)NC1=O)C2=O. The number of aromatic nitrogens is 3. The van der Waals surface area contributed by atoms with Crippen molar-refractivity contribution in [3.63, 3.8) is 0 Å². The van der Waals surface area contributed by atoms with E-state index in [1.54, 1.807) is 36.7 Å². The van der Waals surface area contributed by atoms with E-state index in [0.29, 0.717) is 75.7 Å². The van der Waals surface area contributed by atoms with Crippen LogP contribution in [0.2, 0.25) is 0 Å². The van der Waals surface area contributed by atoms with Crippen LogP contribution in [0.3, 0.4) is 0 Å². The first-order chi connectivity index (χ1) is 30.5. The van der Waals surface area contributed by atoms with Gasteiger partial charge < -0.3 is 49.6 Å². The molecule has 1 atom stereocenters. The van der Waals surface area contributed by atoms with E-state index in [2.05, 4.69) is 31.2 Å². The molecule has 1 fully saturated rings. The first-order valence-corrected chi connectivity index (χ1v) is 20.9. The lowest BCUT2D eigenvalue weighted by Crippen LogP contribution is -2.54. The molecular weight excluding hydrogens is 829 g/mol. The number of nitrogens with zero attached hydrogens (tertiary/aromatic N) is 5. The van der Waals surface area contributed by atoms with Gasteiger partial charge in [-0.2, -0.15) is 0 Å². The van der Waals surface area contributed by atoms with Crippen LogP contribution in [0.1, 0.15) is 77.7 Å². The summed E-state index contributed by atoms with van der Waals surface area (Å²) in [6.07, 6.45) is 3.99. The molecule has 4 aromatic rings. The number of hydrogen-bond donors (Lipinski definition) is 5. The van der Waals surface area contributed by atoms with Crippen LogP contribution in [0, 0.1) is 24.0 Å². The quantitative estimate of drug-likeness (QED) is 0.0228. The summed E-state index contributed by atoms with van der Waals surface area (Å²) >= 11 is 0. The van der Waals surface area contributed by atoms with Crippen LogP contribution < -0.4 is 21.3 Å². The maximum atomic E-state index is 13.3. The topological polar surface area (TPSA) is 249 Å². The number of H-pyrrole nitrogens is 1. The number of fused-ring (bicyclic) bond motifs is 2. The number of ether oxygens (including phenoxy) is 2. The summed E-state index contributed by atoms with van der Waals surface area (Å²) < 4.78 is 13.5. The van der Waals surface area contributed by atoms with Gasteiger partial charge >= 0.3 is 5.82 Å². The summed E-state index contributed by atoms with van der Waals surface area (Å²) in [6.45, 7) is 6.32. The second-order valence-corrected chi connectivity index (χ2v) is 16.6. The normalized spacial score (nSPS) is 16.6. The minimum absolute atomic E-state index is 0.0385. The number of aromatic amines is 1. The highest BCUT2D eigenvalue weighted by molar-refractivity contribution is 6.35. The molecule has 20 heteroatoms. The van der Waals surface area contributed by atoms with Gasteiger partial charge in [-0.3, -0.25) is 39.0 Å². The van der Waals surface area contributed by atoms with E-state index < -0.39 is 34.6 Å². The number of rotatable bonds is 19. The molecule has 20 nitrogen and oxygen atoms in total. The van der Waals surface area contributed by atoms with Gasteiger partial charge in [0.1, 0.15) is 12.6 Å². The second kappa shape index (κ2) is 18.8. The molecule has 0 aliphatic carbocycles. The highest BCUT2D eigenvalue weighted by atomic mass is 16.6. The molecule has 5 heterocycles. The standard InChI is InChI=1S/C44H50N10O10/c1-25-33(22-30-29-21-27(9-10-31(29)49-40(30)56)13-16-54(4,5)23-35-39(53(61)62)47-24-51(35)3)48-26(2)37(25)42(58)46-15-18-64-20-19-63-17-14-45-32-8-6-7-28-38(32)44(60)52(43(28)59)34-11-12-36(55)50-41(34)57/h6-10,21-22,24,34H,11-20,23H2,1-5H3,(H4-,45,46,48,49,50,55,56,57,58,59,60)/p+1. The summed E-state index contributed by atoms with van der Waals surface area (Å²) in [6, 6.07) is 9.62. The van der Waals surface area contributed by atoms with E-state index in [9.17, 15) is 38.9 Å². The maximum absolute atomic E-state index is 13.3. The zero-order valence-electron chi connectivity index (χ0n) is 36.3. The van der Waals surface area contributed by atoms with Gasteiger partial charge in [0.15, 0.2) is 5.69 Å². The van der Waals surface area contributed by atoms with E-state index >= 15 is 0 Å². The molecule has 3 aliphatic rings. The Morgan fingerprint density at radius 3 is 2.48 bits per heavy atom. The van der Waals surface area contributed by atoms with Crippen molar-refractivity contribution in [2.75, 3.05) is 70.8 Å². The number of carbonyl (C=O) groups excluding carboxylic acids is 6. The van der Waals surface area contributed by atoms with Crippen molar-refractivity contribution in [3.05, 3.63) is 103 Å². The van der Waals surface area contributed by atoms with Gasteiger partial charge in [0.2, 0.25) is 18.1 Å². The molecule has 0 spiro atoms. The number of carbonyl (C=O) groups is 6. The monoisotopic (exact) mass is 879 g/mol. The van der Waals surface area contributed by atoms with Gasteiger partial charge in [0, 0.05) is 61.3 Å². The van der Waals surface area contributed by atoms with Gasteiger partial charge in [0.05, 0.1) is 69.3 Å². The number of nitrogens with one attached hydrogen (secondary N) is 5. The molecule has 2 aromatic carbocycles. The van der Waals surface area contributed by atoms with E-state index in [0.717, 1.165) is 16.0 Å². The van der Waals surface area contributed by atoms with E-state index in [4.69, 9.17) is 9.47 Å². The van der Waals surface area contributed by atoms with Gasteiger partial charge in [-0.15, -0.1) is 0 Å². The molecule has 1 unspecified atom stereocenters. The second-order valence-electron chi connectivity index (χ2n) is 16.6. The van der Waals surface area contributed by atoms with E-state index in [-0.39, 0.29) is 74.6 Å². The van der Waals surface area contributed by atoms with Gasteiger partial charge in [-0.25, -0.2) is 0 Å². The van der Waals surface area contributed by atoms with Crippen molar-refractivity contribution in [2.45, 2.75) is 45.7 Å². The molecule has 0 saturated carbocycles. The molecular formula is C44H51N10O10+. The third-order valence-corrected chi connectivity index (χ3v) is 11.6. The van der Waals surface area contributed by atoms with Gasteiger partial charge in [-0.05, 0) is 71.6 Å². The summed E-state index contributed by atoms with van der Waals surface area (Å²) in [5.41, 5.74) is 6.69. The number of imide groups is 2. The Balaban J connectivity index is 0.849. The molecule has 0 bridgehead atoms. The van der Waals surface area contributed by atoms with Crippen LogP contribution in [0.4, 0.5) is 17.2 Å². The Morgan fingerprint density at radius 2 is 1.75 bits per heavy atom. The Kier molecular flexibility index (Phi) is 13.2. The molecule has 0 radical (unpaired) electrons. The fourth-order valence-electron chi connectivity index (χ4n) is 8.20. The van der Waals surface area contributed by atoms with Crippen molar-refractivity contribution in [2.24, 2.45) is 7.05 Å². The minimum Gasteiger partial charge on any atom is -0.382 e. The predicted octanol–water partition coefficient (Wildman–Crippen LogP) is 2.86. The Bertz CT molecular complexity index is 2590. The molecule has 1 saturated heterocycles. The van der Waals surface area contributed by atoms with Crippen LogP contribution in [0.5, 0.6) is 0 Å². The van der Waals surface area contributed by atoms with Gasteiger partial charge in [0.25, 0.3) is 23.6 Å². The molecule has 3 aliphatic heterocycles.